The van der Waals surface area contributed by atoms with E-state index in [1.165, 1.54) is 6.08 Å². The second-order valence-corrected chi connectivity index (χ2v) is 4.75. The molecule has 6 nitrogen and oxygen atoms in total. The molecule has 21 heavy (non-hydrogen) atoms. The van der Waals surface area contributed by atoms with Crippen LogP contribution in [0.3, 0.4) is 0 Å². The number of nitrogens with zero attached hydrogens (tertiary/aromatic N) is 4. The summed E-state index contributed by atoms with van der Waals surface area (Å²) in [5.41, 5.74) is 2.70. The fourth-order valence-electron chi connectivity index (χ4n) is 2.11. The lowest BCUT2D eigenvalue weighted by molar-refractivity contribution is -0.111. The van der Waals surface area contributed by atoms with Gasteiger partial charge >= 0.3 is 0 Å². The van der Waals surface area contributed by atoms with Crippen molar-refractivity contribution < 1.29 is 4.79 Å². The van der Waals surface area contributed by atoms with Gasteiger partial charge < -0.3 is 4.57 Å². The van der Waals surface area contributed by atoms with Crippen molar-refractivity contribution in [1.82, 2.24) is 19.3 Å². The number of amides is 1. The Morgan fingerprint density at radius 3 is 2.81 bits per heavy atom. The minimum Gasteiger partial charge on any atom is -0.313 e. The molecule has 0 unspecified atom stereocenters. The standard InChI is InChI=1S/C15H15N5O/c1-19-10-11(9-16-19)7-8-14(21)18-15-17-12-5-3-4-6-13(12)20(15)2/h3-10H,1-2H3,(H,17,18,21)/b8-7-. The predicted molar refractivity (Wildman–Crippen MR) is 81.6 cm³/mol. The molecule has 2 aromatic heterocycles. The van der Waals surface area contributed by atoms with Gasteiger partial charge in [0, 0.05) is 31.9 Å². The van der Waals surface area contributed by atoms with E-state index in [1.54, 1.807) is 17.0 Å². The van der Waals surface area contributed by atoms with Crippen molar-refractivity contribution in [2.75, 3.05) is 5.32 Å². The summed E-state index contributed by atoms with van der Waals surface area (Å²) >= 11 is 0. The zero-order valence-corrected chi connectivity index (χ0v) is 11.8. The molecule has 0 spiro atoms. The zero-order chi connectivity index (χ0) is 14.8. The predicted octanol–water partition coefficient (Wildman–Crippen LogP) is 1.96. The molecule has 1 N–H and O–H groups in total. The van der Waals surface area contributed by atoms with Crippen LogP contribution >= 0.6 is 0 Å². The third-order valence-corrected chi connectivity index (χ3v) is 3.17. The van der Waals surface area contributed by atoms with E-state index in [2.05, 4.69) is 15.4 Å². The number of rotatable bonds is 3. The summed E-state index contributed by atoms with van der Waals surface area (Å²) in [6, 6.07) is 7.74. The number of aryl methyl sites for hydroxylation is 2. The normalized spacial score (nSPS) is 11.3. The summed E-state index contributed by atoms with van der Waals surface area (Å²) in [7, 11) is 3.70. The Kier molecular flexibility index (Phi) is 3.27. The number of fused-ring (bicyclic) bond motifs is 1. The molecule has 3 aromatic rings. The van der Waals surface area contributed by atoms with Gasteiger partial charge in [-0.1, -0.05) is 12.1 Å². The Morgan fingerprint density at radius 1 is 1.29 bits per heavy atom. The molecule has 1 aromatic carbocycles. The molecule has 0 saturated carbocycles. The molecule has 0 fully saturated rings. The molecule has 0 bridgehead atoms. The van der Waals surface area contributed by atoms with Crippen LogP contribution in [0.25, 0.3) is 17.1 Å². The van der Waals surface area contributed by atoms with Crippen molar-refractivity contribution in [3.63, 3.8) is 0 Å². The third-order valence-electron chi connectivity index (χ3n) is 3.17. The van der Waals surface area contributed by atoms with Crippen molar-refractivity contribution in [1.29, 1.82) is 0 Å². The van der Waals surface area contributed by atoms with Gasteiger partial charge in [0.2, 0.25) is 5.95 Å². The van der Waals surface area contributed by atoms with Crippen molar-refractivity contribution in [3.05, 3.63) is 48.3 Å². The molecule has 6 heteroatoms. The average molecular weight is 281 g/mol. The van der Waals surface area contributed by atoms with Gasteiger partial charge in [0.15, 0.2) is 0 Å². The summed E-state index contributed by atoms with van der Waals surface area (Å²) in [5.74, 6) is 0.300. The van der Waals surface area contributed by atoms with Gasteiger partial charge in [-0.05, 0) is 18.2 Å². The summed E-state index contributed by atoms with van der Waals surface area (Å²) in [6.45, 7) is 0. The number of hydrogen-bond acceptors (Lipinski definition) is 3. The van der Waals surface area contributed by atoms with Crippen LogP contribution in [0.1, 0.15) is 5.56 Å². The number of nitrogens with one attached hydrogen (secondary N) is 1. The van der Waals surface area contributed by atoms with Crippen LogP contribution < -0.4 is 5.32 Å². The fraction of sp³-hybridized carbons (Fsp3) is 0.133. The smallest absolute Gasteiger partial charge is 0.250 e. The van der Waals surface area contributed by atoms with Gasteiger partial charge in [0.05, 0.1) is 17.2 Å². The topological polar surface area (TPSA) is 64.7 Å². The summed E-state index contributed by atoms with van der Waals surface area (Å²) in [6.07, 6.45) is 6.71. The van der Waals surface area contributed by atoms with Crippen molar-refractivity contribution in [2.45, 2.75) is 0 Å². The van der Waals surface area contributed by atoms with Crippen LogP contribution in [-0.4, -0.2) is 25.2 Å². The van der Waals surface area contributed by atoms with E-state index in [1.807, 2.05) is 49.1 Å². The van der Waals surface area contributed by atoms with Crippen molar-refractivity contribution >= 4 is 29.0 Å². The monoisotopic (exact) mass is 281 g/mol. The van der Waals surface area contributed by atoms with Crippen LogP contribution in [0, 0.1) is 0 Å². The maximum atomic E-state index is 11.9. The highest BCUT2D eigenvalue weighted by Gasteiger charge is 2.08. The Labute approximate surface area is 121 Å². The number of aromatic nitrogens is 4. The highest BCUT2D eigenvalue weighted by atomic mass is 16.1. The second kappa shape index (κ2) is 5.24. The SMILES string of the molecule is Cn1cc(/C=C\C(=O)Nc2nc3ccccc3n2C)cn1. The first-order valence-electron chi connectivity index (χ1n) is 6.52. The molecule has 0 aliphatic heterocycles. The first-order valence-corrected chi connectivity index (χ1v) is 6.52. The Hall–Kier alpha value is -2.89. The molecular formula is C15H15N5O. The van der Waals surface area contributed by atoms with Crippen LogP contribution in [0.4, 0.5) is 5.95 Å². The third kappa shape index (κ3) is 2.69. The Morgan fingerprint density at radius 2 is 2.10 bits per heavy atom. The summed E-state index contributed by atoms with van der Waals surface area (Å²) < 4.78 is 3.54. The van der Waals surface area contributed by atoms with E-state index >= 15 is 0 Å². The van der Waals surface area contributed by atoms with E-state index in [0.717, 1.165) is 16.6 Å². The first kappa shape index (κ1) is 13.1. The van der Waals surface area contributed by atoms with Gasteiger partial charge in [-0.15, -0.1) is 0 Å². The van der Waals surface area contributed by atoms with E-state index in [4.69, 9.17) is 0 Å². The lowest BCUT2D eigenvalue weighted by atomic mass is 10.3. The average Bonchev–Trinajstić information content (AvgIpc) is 3.02. The molecule has 3 rings (SSSR count). The lowest BCUT2D eigenvalue weighted by Gasteiger charge is -2.01. The van der Waals surface area contributed by atoms with E-state index in [9.17, 15) is 4.79 Å². The number of benzene rings is 1. The molecule has 1 amide bonds. The summed E-state index contributed by atoms with van der Waals surface area (Å²) in [4.78, 5) is 16.3. The molecule has 0 atom stereocenters. The molecule has 106 valence electrons. The second-order valence-electron chi connectivity index (χ2n) is 4.75. The van der Waals surface area contributed by atoms with Crippen LogP contribution in [0.15, 0.2) is 42.7 Å². The minimum absolute atomic E-state index is 0.225. The number of carbonyl (C=O) groups excluding carboxylic acids is 1. The maximum absolute atomic E-state index is 11.9. The van der Waals surface area contributed by atoms with Gasteiger partial charge in [-0.2, -0.15) is 5.10 Å². The zero-order valence-electron chi connectivity index (χ0n) is 11.8. The Balaban J connectivity index is 1.77. The molecule has 2 heterocycles. The highest BCUT2D eigenvalue weighted by molar-refractivity contribution is 6.01. The van der Waals surface area contributed by atoms with Crippen molar-refractivity contribution in [2.24, 2.45) is 14.1 Å². The lowest BCUT2D eigenvalue weighted by Crippen LogP contribution is -2.11. The molecule has 0 aliphatic carbocycles. The maximum Gasteiger partial charge on any atom is 0.250 e. The highest BCUT2D eigenvalue weighted by Crippen LogP contribution is 2.17. The first-order chi connectivity index (χ1) is 10.1. The van der Waals surface area contributed by atoms with Gasteiger partial charge in [0.1, 0.15) is 0 Å². The van der Waals surface area contributed by atoms with Crippen molar-refractivity contribution in [3.8, 4) is 0 Å². The van der Waals surface area contributed by atoms with Gasteiger partial charge in [-0.25, -0.2) is 4.98 Å². The molecule has 0 radical (unpaired) electrons. The van der Waals surface area contributed by atoms with Gasteiger partial charge in [-0.3, -0.25) is 14.8 Å². The van der Waals surface area contributed by atoms with Crippen LogP contribution in [-0.2, 0) is 18.9 Å². The van der Waals surface area contributed by atoms with Gasteiger partial charge in [0.25, 0.3) is 5.91 Å². The van der Waals surface area contributed by atoms with E-state index in [0.29, 0.717) is 5.95 Å². The minimum atomic E-state index is -0.225. The van der Waals surface area contributed by atoms with Crippen LogP contribution in [0.2, 0.25) is 0 Å². The van der Waals surface area contributed by atoms with E-state index < -0.39 is 0 Å². The fourth-order valence-corrected chi connectivity index (χ4v) is 2.11. The number of para-hydroxylation sites is 2. The number of hydrogen-bond donors (Lipinski definition) is 1. The molecular weight excluding hydrogens is 266 g/mol. The van der Waals surface area contributed by atoms with Crippen LogP contribution in [0.5, 0.6) is 0 Å². The quantitative estimate of drug-likeness (QED) is 0.746. The van der Waals surface area contributed by atoms with E-state index in [-0.39, 0.29) is 5.91 Å². The summed E-state index contributed by atoms with van der Waals surface area (Å²) in [5, 5.41) is 6.81. The molecule has 0 saturated heterocycles. The largest absolute Gasteiger partial charge is 0.313 e. The molecule has 0 aliphatic rings. The number of anilines is 1. The number of imidazole rings is 1. The number of carbonyl (C=O) groups is 1. The Bertz CT molecular complexity index is 828.